The number of rotatable bonds is 0. The first-order valence-corrected chi connectivity index (χ1v) is 3.41. The summed E-state index contributed by atoms with van der Waals surface area (Å²) in [5, 5.41) is 6.28. The number of fused-ring (bicyclic) bond motifs is 1. The standard InChI is InChI=1S/C7H9N3/c1-2-6-7(3-5-8-6)10-9-4-1/h2-3,5,8-9H,1,4H2. The summed E-state index contributed by atoms with van der Waals surface area (Å²) in [6.07, 6.45) is 5.09. The molecule has 52 valence electrons. The maximum Gasteiger partial charge on any atom is 0.107 e. The molecule has 1 aliphatic heterocycles. The van der Waals surface area contributed by atoms with E-state index < -0.39 is 0 Å². The Morgan fingerprint density at radius 2 is 2.50 bits per heavy atom. The number of aromatic amines is 1. The topological polar surface area (TPSA) is 40.2 Å². The first-order valence-electron chi connectivity index (χ1n) is 3.41. The molecule has 0 aliphatic carbocycles. The number of aromatic nitrogens is 1. The molecule has 3 nitrogen and oxygen atoms in total. The molecule has 2 heterocycles. The van der Waals surface area contributed by atoms with Crippen molar-refractivity contribution in [1.29, 1.82) is 0 Å². The lowest BCUT2D eigenvalue weighted by atomic mass is 10.4. The molecule has 0 spiro atoms. The summed E-state index contributed by atoms with van der Waals surface area (Å²) in [5.74, 6) is 0. The lowest BCUT2D eigenvalue weighted by molar-refractivity contribution is 0.737. The molecule has 0 saturated carbocycles. The monoisotopic (exact) mass is 135 g/mol. The molecule has 0 bridgehead atoms. The van der Waals surface area contributed by atoms with E-state index >= 15 is 0 Å². The van der Waals surface area contributed by atoms with Crippen LogP contribution < -0.4 is 16.1 Å². The van der Waals surface area contributed by atoms with Crippen LogP contribution in [0, 0.1) is 0 Å². The van der Waals surface area contributed by atoms with Gasteiger partial charge in [-0.15, -0.1) is 0 Å². The Bertz CT molecular complexity index is 292. The van der Waals surface area contributed by atoms with Gasteiger partial charge in [-0.2, -0.15) is 5.10 Å². The van der Waals surface area contributed by atoms with Crippen molar-refractivity contribution in [2.24, 2.45) is 5.10 Å². The number of hydrogen-bond acceptors (Lipinski definition) is 2. The third-order valence-corrected chi connectivity index (χ3v) is 1.56. The second-order valence-corrected chi connectivity index (χ2v) is 2.29. The predicted molar refractivity (Wildman–Crippen MR) is 38.7 cm³/mol. The van der Waals surface area contributed by atoms with Gasteiger partial charge in [0.05, 0.1) is 5.35 Å². The van der Waals surface area contributed by atoms with Crippen LogP contribution in [0.1, 0.15) is 6.42 Å². The van der Waals surface area contributed by atoms with Crippen LogP contribution in [-0.2, 0) is 0 Å². The quantitative estimate of drug-likeness (QED) is 0.486. The average Bonchev–Trinajstić information content (AvgIpc) is 2.28. The van der Waals surface area contributed by atoms with E-state index in [4.69, 9.17) is 0 Å². The third-order valence-electron chi connectivity index (χ3n) is 1.56. The molecule has 0 fully saturated rings. The molecule has 0 amide bonds. The summed E-state index contributed by atoms with van der Waals surface area (Å²) in [7, 11) is 0. The Kier molecular flexibility index (Phi) is 1.20. The largest absolute Gasteiger partial charge is 0.360 e. The zero-order valence-corrected chi connectivity index (χ0v) is 5.59. The maximum absolute atomic E-state index is 4.13. The molecule has 1 aliphatic rings. The zero-order chi connectivity index (χ0) is 6.81. The lowest BCUT2D eigenvalue weighted by Crippen LogP contribution is -2.23. The van der Waals surface area contributed by atoms with Gasteiger partial charge in [0.25, 0.3) is 0 Å². The summed E-state index contributed by atoms with van der Waals surface area (Å²) in [4.78, 5) is 3.11. The summed E-state index contributed by atoms with van der Waals surface area (Å²) >= 11 is 0. The molecular formula is C7H9N3. The van der Waals surface area contributed by atoms with E-state index in [-0.39, 0.29) is 0 Å². The van der Waals surface area contributed by atoms with Gasteiger partial charge in [-0.05, 0) is 12.5 Å². The highest BCUT2D eigenvalue weighted by atomic mass is 15.3. The van der Waals surface area contributed by atoms with Gasteiger partial charge in [0.1, 0.15) is 5.36 Å². The van der Waals surface area contributed by atoms with Crippen LogP contribution in [0.25, 0.3) is 6.08 Å². The highest BCUT2D eigenvalue weighted by Crippen LogP contribution is 1.78. The predicted octanol–water partition coefficient (Wildman–Crippen LogP) is -0.677. The Labute approximate surface area is 58.5 Å². The summed E-state index contributed by atoms with van der Waals surface area (Å²) in [5.41, 5.74) is 2.96. The molecule has 0 unspecified atom stereocenters. The number of nitrogens with zero attached hydrogens (tertiary/aromatic N) is 1. The minimum Gasteiger partial charge on any atom is -0.360 e. The molecule has 2 N–H and O–H groups in total. The first-order chi connectivity index (χ1) is 4.97. The first kappa shape index (κ1) is 5.53. The number of H-pyrrole nitrogens is 1. The minimum atomic E-state index is 0.933. The van der Waals surface area contributed by atoms with Gasteiger partial charge in [0, 0.05) is 12.7 Å². The van der Waals surface area contributed by atoms with Crippen molar-refractivity contribution in [2.45, 2.75) is 6.42 Å². The van der Waals surface area contributed by atoms with E-state index in [0.29, 0.717) is 0 Å². The van der Waals surface area contributed by atoms with Crippen LogP contribution in [0.4, 0.5) is 0 Å². The molecule has 1 aromatic rings. The number of hydrogen-bond donors (Lipinski definition) is 2. The van der Waals surface area contributed by atoms with Gasteiger partial charge in [-0.3, -0.25) is 0 Å². The molecule has 3 heteroatoms. The summed E-state index contributed by atoms with van der Waals surface area (Å²) in [6, 6.07) is 1.96. The highest BCUT2D eigenvalue weighted by Gasteiger charge is 1.91. The highest BCUT2D eigenvalue weighted by molar-refractivity contribution is 5.19. The van der Waals surface area contributed by atoms with Crippen LogP contribution in [-0.4, -0.2) is 11.5 Å². The SMILES string of the molecule is C1=c2[nH]ccc2=NNCC1. The fourth-order valence-corrected chi connectivity index (χ4v) is 1.06. The fraction of sp³-hybridized carbons (Fsp3) is 0.286. The Morgan fingerprint density at radius 1 is 1.50 bits per heavy atom. The second-order valence-electron chi connectivity index (χ2n) is 2.29. The van der Waals surface area contributed by atoms with E-state index in [1.807, 2.05) is 12.3 Å². The van der Waals surface area contributed by atoms with Crippen molar-refractivity contribution in [3.63, 3.8) is 0 Å². The van der Waals surface area contributed by atoms with Gasteiger partial charge in [0.15, 0.2) is 0 Å². The van der Waals surface area contributed by atoms with Crippen molar-refractivity contribution in [3.05, 3.63) is 23.0 Å². The van der Waals surface area contributed by atoms with Crippen molar-refractivity contribution in [3.8, 4) is 0 Å². The molecule has 0 aromatic carbocycles. The smallest absolute Gasteiger partial charge is 0.107 e. The third kappa shape index (κ3) is 0.795. The Morgan fingerprint density at radius 3 is 3.50 bits per heavy atom. The molecule has 10 heavy (non-hydrogen) atoms. The summed E-state index contributed by atoms with van der Waals surface area (Å²) in [6.45, 7) is 0.933. The number of nitrogens with one attached hydrogen (secondary N) is 2. The molecule has 0 atom stereocenters. The van der Waals surface area contributed by atoms with Gasteiger partial charge < -0.3 is 10.4 Å². The van der Waals surface area contributed by atoms with E-state index in [1.165, 1.54) is 0 Å². The van der Waals surface area contributed by atoms with Crippen LogP contribution in [0.2, 0.25) is 0 Å². The lowest BCUT2D eigenvalue weighted by Gasteiger charge is -1.89. The average molecular weight is 135 g/mol. The Hall–Kier alpha value is -1.25. The van der Waals surface area contributed by atoms with E-state index in [0.717, 1.165) is 23.7 Å². The molecule has 2 rings (SSSR count). The van der Waals surface area contributed by atoms with Gasteiger partial charge in [-0.25, -0.2) is 0 Å². The minimum absolute atomic E-state index is 0.933. The van der Waals surface area contributed by atoms with Crippen LogP contribution in [0.3, 0.4) is 0 Å². The van der Waals surface area contributed by atoms with E-state index in [9.17, 15) is 0 Å². The van der Waals surface area contributed by atoms with Gasteiger partial charge in [0.2, 0.25) is 0 Å². The second kappa shape index (κ2) is 2.17. The molecule has 0 radical (unpaired) electrons. The van der Waals surface area contributed by atoms with Crippen molar-refractivity contribution < 1.29 is 0 Å². The molecule has 0 saturated heterocycles. The molecule has 1 aromatic heterocycles. The fourth-order valence-electron chi connectivity index (χ4n) is 1.06. The normalized spacial score (nSPS) is 15.6. The van der Waals surface area contributed by atoms with Crippen molar-refractivity contribution >= 4 is 6.08 Å². The van der Waals surface area contributed by atoms with Crippen LogP contribution in [0.15, 0.2) is 17.4 Å². The maximum atomic E-state index is 4.13. The summed E-state index contributed by atoms with van der Waals surface area (Å²) < 4.78 is 0. The van der Waals surface area contributed by atoms with Crippen molar-refractivity contribution in [2.75, 3.05) is 6.54 Å². The molecular weight excluding hydrogens is 126 g/mol. The van der Waals surface area contributed by atoms with E-state index in [1.54, 1.807) is 0 Å². The van der Waals surface area contributed by atoms with Gasteiger partial charge >= 0.3 is 0 Å². The zero-order valence-electron chi connectivity index (χ0n) is 5.59. The van der Waals surface area contributed by atoms with Crippen molar-refractivity contribution in [1.82, 2.24) is 10.4 Å². The van der Waals surface area contributed by atoms with Gasteiger partial charge in [-0.1, -0.05) is 6.08 Å². The van der Waals surface area contributed by atoms with Crippen LogP contribution >= 0.6 is 0 Å². The van der Waals surface area contributed by atoms with Crippen LogP contribution in [0.5, 0.6) is 0 Å². The van der Waals surface area contributed by atoms with E-state index in [2.05, 4.69) is 21.6 Å². The Balaban J connectivity index is 2.72.